The fourth-order valence-corrected chi connectivity index (χ4v) is 4.21. The molecule has 2 N–H and O–H groups in total. The van der Waals surface area contributed by atoms with E-state index in [1.807, 2.05) is 24.3 Å². The molecule has 0 amide bonds. The van der Waals surface area contributed by atoms with Crippen molar-refractivity contribution in [2.75, 3.05) is 5.32 Å². The predicted molar refractivity (Wildman–Crippen MR) is 105 cm³/mol. The topological polar surface area (TPSA) is 24.1 Å². The molecule has 0 aliphatic heterocycles. The number of benzene rings is 2. The number of rotatable bonds is 3. The van der Waals surface area contributed by atoms with E-state index in [0.717, 1.165) is 36.3 Å². The molecule has 0 heterocycles. The van der Waals surface area contributed by atoms with Gasteiger partial charge in [0.2, 0.25) is 0 Å². The Morgan fingerprint density at radius 2 is 1.88 bits per heavy atom. The standard InChI is InChI=1S/C18H17BrClFN2S/c19-12-7-8-16(15(21)11-12)22-17(24)23-18(9-3-4-10-18)13-5-1-2-6-14(13)20/h1-2,5-8,11H,3-4,9-10H2,(H2,22,23,24). The van der Waals surface area contributed by atoms with E-state index in [1.54, 1.807) is 12.1 Å². The van der Waals surface area contributed by atoms with Crippen molar-refractivity contribution < 1.29 is 4.39 Å². The van der Waals surface area contributed by atoms with Gasteiger partial charge in [-0.1, -0.05) is 58.6 Å². The van der Waals surface area contributed by atoms with Crippen molar-refractivity contribution in [2.45, 2.75) is 31.2 Å². The maximum absolute atomic E-state index is 14.0. The molecule has 24 heavy (non-hydrogen) atoms. The van der Waals surface area contributed by atoms with E-state index >= 15 is 0 Å². The van der Waals surface area contributed by atoms with Gasteiger partial charge >= 0.3 is 0 Å². The molecule has 1 aliphatic rings. The molecule has 1 aliphatic carbocycles. The normalized spacial score (nSPS) is 16.0. The van der Waals surface area contributed by atoms with Crippen molar-refractivity contribution in [2.24, 2.45) is 0 Å². The SMILES string of the molecule is Fc1cc(Br)ccc1NC(=S)NC1(c2ccccc2Cl)CCCC1. The minimum absolute atomic E-state index is 0.297. The Bertz CT molecular complexity index is 762. The van der Waals surface area contributed by atoms with E-state index in [2.05, 4.69) is 26.6 Å². The zero-order valence-corrected chi connectivity index (χ0v) is 16.1. The number of halogens is 3. The fraction of sp³-hybridized carbons (Fsp3) is 0.278. The Morgan fingerprint density at radius 1 is 1.17 bits per heavy atom. The van der Waals surface area contributed by atoms with Gasteiger partial charge in [0.05, 0.1) is 11.2 Å². The number of hydrogen-bond donors (Lipinski definition) is 2. The first-order valence-electron chi connectivity index (χ1n) is 7.79. The third kappa shape index (κ3) is 3.73. The lowest BCUT2D eigenvalue weighted by Gasteiger charge is -2.33. The van der Waals surface area contributed by atoms with Gasteiger partial charge in [0.1, 0.15) is 5.82 Å². The van der Waals surface area contributed by atoms with Crippen molar-refractivity contribution in [1.82, 2.24) is 5.32 Å². The second-order valence-electron chi connectivity index (χ2n) is 5.97. The molecule has 0 aromatic heterocycles. The summed E-state index contributed by atoms with van der Waals surface area (Å²) in [4.78, 5) is 0. The third-order valence-electron chi connectivity index (χ3n) is 4.38. The summed E-state index contributed by atoms with van der Waals surface area (Å²) in [7, 11) is 0. The molecule has 1 fully saturated rings. The van der Waals surface area contributed by atoms with Gasteiger partial charge in [-0.15, -0.1) is 0 Å². The van der Waals surface area contributed by atoms with Gasteiger partial charge in [0.25, 0.3) is 0 Å². The summed E-state index contributed by atoms with van der Waals surface area (Å²) >= 11 is 15.1. The Labute approximate surface area is 159 Å². The van der Waals surface area contributed by atoms with E-state index in [0.29, 0.717) is 15.3 Å². The van der Waals surface area contributed by atoms with Gasteiger partial charge in [-0.2, -0.15) is 0 Å². The minimum atomic E-state index is -0.355. The first-order valence-corrected chi connectivity index (χ1v) is 9.37. The Kier molecular flexibility index (Phi) is 5.42. The molecule has 1 saturated carbocycles. The maximum atomic E-state index is 14.0. The molecule has 2 aromatic carbocycles. The Morgan fingerprint density at radius 3 is 2.54 bits per heavy atom. The average molecular weight is 428 g/mol. The van der Waals surface area contributed by atoms with Gasteiger partial charge in [0, 0.05) is 9.50 Å². The van der Waals surface area contributed by atoms with E-state index in [4.69, 9.17) is 23.8 Å². The minimum Gasteiger partial charge on any atom is -0.353 e. The van der Waals surface area contributed by atoms with Crippen molar-refractivity contribution in [3.05, 3.63) is 63.3 Å². The van der Waals surface area contributed by atoms with Gasteiger partial charge in [-0.05, 0) is 54.9 Å². The molecule has 3 rings (SSSR count). The van der Waals surface area contributed by atoms with Crippen LogP contribution in [-0.2, 0) is 5.54 Å². The number of thiocarbonyl (C=S) groups is 1. The van der Waals surface area contributed by atoms with Gasteiger partial charge in [0.15, 0.2) is 5.11 Å². The summed E-state index contributed by atoms with van der Waals surface area (Å²) in [6, 6.07) is 12.7. The van der Waals surface area contributed by atoms with Crippen LogP contribution in [0.15, 0.2) is 46.9 Å². The van der Waals surface area contributed by atoms with Crippen molar-refractivity contribution in [3.8, 4) is 0 Å². The van der Waals surface area contributed by atoms with Crippen LogP contribution in [0, 0.1) is 5.82 Å². The van der Waals surface area contributed by atoms with Crippen LogP contribution in [0.4, 0.5) is 10.1 Å². The van der Waals surface area contributed by atoms with Gasteiger partial charge < -0.3 is 10.6 Å². The summed E-state index contributed by atoms with van der Waals surface area (Å²) < 4.78 is 14.7. The Balaban J connectivity index is 1.81. The van der Waals surface area contributed by atoms with Crippen molar-refractivity contribution in [3.63, 3.8) is 0 Å². The number of nitrogens with one attached hydrogen (secondary N) is 2. The van der Waals surface area contributed by atoms with Crippen molar-refractivity contribution >= 4 is 50.5 Å². The van der Waals surface area contributed by atoms with E-state index in [9.17, 15) is 4.39 Å². The van der Waals surface area contributed by atoms with Crippen LogP contribution in [0.1, 0.15) is 31.2 Å². The zero-order chi connectivity index (χ0) is 17.2. The molecule has 6 heteroatoms. The van der Waals surface area contributed by atoms with Crippen LogP contribution in [0.25, 0.3) is 0 Å². The van der Waals surface area contributed by atoms with Gasteiger partial charge in [-0.3, -0.25) is 0 Å². The van der Waals surface area contributed by atoms with Crippen LogP contribution < -0.4 is 10.6 Å². The highest BCUT2D eigenvalue weighted by Gasteiger charge is 2.37. The molecule has 0 radical (unpaired) electrons. The Hall–Kier alpha value is -1.17. The number of hydrogen-bond acceptors (Lipinski definition) is 1. The molecular weight excluding hydrogens is 411 g/mol. The van der Waals surface area contributed by atoms with E-state index < -0.39 is 0 Å². The van der Waals surface area contributed by atoms with E-state index in [1.165, 1.54) is 6.07 Å². The smallest absolute Gasteiger partial charge is 0.171 e. The summed E-state index contributed by atoms with van der Waals surface area (Å²) in [6.45, 7) is 0. The quantitative estimate of drug-likeness (QED) is 0.588. The molecule has 126 valence electrons. The highest BCUT2D eigenvalue weighted by molar-refractivity contribution is 9.10. The largest absolute Gasteiger partial charge is 0.353 e. The second kappa shape index (κ2) is 7.38. The van der Waals surface area contributed by atoms with E-state index in [-0.39, 0.29) is 11.4 Å². The monoisotopic (exact) mass is 426 g/mol. The summed E-state index contributed by atoms with van der Waals surface area (Å²) in [5.74, 6) is -0.355. The summed E-state index contributed by atoms with van der Waals surface area (Å²) in [6.07, 6.45) is 4.10. The van der Waals surface area contributed by atoms with Crippen LogP contribution in [0.5, 0.6) is 0 Å². The van der Waals surface area contributed by atoms with Crippen LogP contribution in [-0.4, -0.2) is 5.11 Å². The van der Waals surface area contributed by atoms with Crippen LogP contribution in [0.3, 0.4) is 0 Å². The highest BCUT2D eigenvalue weighted by atomic mass is 79.9. The lowest BCUT2D eigenvalue weighted by molar-refractivity contribution is 0.408. The first-order chi connectivity index (χ1) is 11.5. The van der Waals surface area contributed by atoms with Crippen LogP contribution >= 0.6 is 39.7 Å². The molecular formula is C18H17BrClFN2S. The molecule has 2 nitrogen and oxygen atoms in total. The molecule has 0 saturated heterocycles. The second-order valence-corrected chi connectivity index (χ2v) is 7.70. The van der Waals surface area contributed by atoms with Gasteiger partial charge in [-0.25, -0.2) is 4.39 Å². The first kappa shape index (κ1) is 17.6. The molecule has 0 bridgehead atoms. The van der Waals surface area contributed by atoms with Crippen LogP contribution in [0.2, 0.25) is 5.02 Å². The predicted octanol–water partition coefficient (Wildman–Crippen LogP) is 6.00. The third-order valence-corrected chi connectivity index (χ3v) is 5.41. The van der Waals surface area contributed by atoms with Crippen molar-refractivity contribution in [1.29, 1.82) is 0 Å². The lowest BCUT2D eigenvalue weighted by Crippen LogP contribution is -2.46. The molecule has 2 aromatic rings. The molecule has 0 atom stereocenters. The zero-order valence-electron chi connectivity index (χ0n) is 12.9. The summed E-state index contributed by atoms with van der Waals surface area (Å²) in [5.41, 5.74) is 1.10. The maximum Gasteiger partial charge on any atom is 0.171 e. The molecule has 0 unspecified atom stereocenters. The lowest BCUT2D eigenvalue weighted by atomic mass is 9.88. The fourth-order valence-electron chi connectivity index (χ4n) is 3.25. The number of anilines is 1. The average Bonchev–Trinajstić information content (AvgIpc) is 3.00. The molecule has 0 spiro atoms. The highest BCUT2D eigenvalue weighted by Crippen LogP contribution is 2.41. The summed E-state index contributed by atoms with van der Waals surface area (Å²) in [5, 5.41) is 7.48.